The predicted octanol–water partition coefficient (Wildman–Crippen LogP) is 1.60. The molecule has 2 N–H and O–H groups in total. The fourth-order valence-corrected chi connectivity index (χ4v) is 2.85. The Morgan fingerprint density at radius 2 is 2.13 bits per heavy atom. The Morgan fingerprint density at radius 1 is 1.35 bits per heavy atom. The van der Waals surface area contributed by atoms with Crippen LogP contribution in [-0.2, 0) is 13.6 Å². The maximum Gasteiger partial charge on any atom is 0.191 e. The van der Waals surface area contributed by atoms with E-state index in [0.717, 1.165) is 37.1 Å². The lowest BCUT2D eigenvalue weighted by molar-refractivity contribution is 0.191. The lowest BCUT2D eigenvalue weighted by Gasteiger charge is -2.30. The van der Waals surface area contributed by atoms with Crippen LogP contribution >= 0.6 is 0 Å². The van der Waals surface area contributed by atoms with Crippen LogP contribution in [0.2, 0.25) is 0 Å². The topological polar surface area (TPSA) is 57.5 Å². The first-order valence-corrected chi connectivity index (χ1v) is 8.90. The van der Waals surface area contributed by atoms with Crippen molar-refractivity contribution in [3.63, 3.8) is 0 Å². The molecule has 1 saturated heterocycles. The summed E-state index contributed by atoms with van der Waals surface area (Å²) in [6.45, 7) is 10.6. The number of piperidine rings is 1. The smallest absolute Gasteiger partial charge is 0.191 e. The minimum atomic E-state index is 0.649. The van der Waals surface area contributed by atoms with Gasteiger partial charge in [0.2, 0.25) is 0 Å². The molecular weight excluding hydrogens is 288 g/mol. The maximum absolute atomic E-state index is 4.63. The molecule has 2 rings (SSSR count). The molecule has 1 fully saturated rings. The van der Waals surface area contributed by atoms with Gasteiger partial charge in [-0.2, -0.15) is 5.10 Å². The zero-order chi connectivity index (χ0) is 16.5. The minimum absolute atomic E-state index is 0.649. The van der Waals surface area contributed by atoms with Crippen molar-refractivity contribution in [3.05, 3.63) is 18.0 Å². The van der Waals surface area contributed by atoms with Crippen molar-refractivity contribution in [1.82, 2.24) is 25.3 Å². The minimum Gasteiger partial charge on any atom is -0.357 e. The van der Waals surface area contributed by atoms with Crippen LogP contribution in [0.5, 0.6) is 0 Å². The molecule has 0 aromatic carbocycles. The van der Waals surface area contributed by atoms with Gasteiger partial charge < -0.3 is 15.5 Å². The number of hydrogen-bond acceptors (Lipinski definition) is 3. The van der Waals surface area contributed by atoms with Gasteiger partial charge in [0.1, 0.15) is 0 Å². The average Bonchev–Trinajstić information content (AvgIpc) is 2.96. The van der Waals surface area contributed by atoms with Gasteiger partial charge in [-0.3, -0.25) is 4.68 Å². The highest BCUT2D eigenvalue weighted by atomic mass is 15.3. The summed E-state index contributed by atoms with van der Waals surface area (Å²) >= 11 is 0. The summed E-state index contributed by atoms with van der Waals surface area (Å²) in [7, 11) is 1.95. The zero-order valence-corrected chi connectivity index (χ0v) is 14.9. The number of nitrogens with zero attached hydrogens (tertiary/aromatic N) is 4. The lowest BCUT2D eigenvalue weighted by atomic mass is 9.99. The standard InChI is InChI=1S/C17H32N6/c1-4-18-17(20-14-16-6-10-21-22(16)3)19-9-5-11-23-12-7-15(2)8-13-23/h6,10,15H,4-5,7-9,11-14H2,1-3H3,(H2,18,19,20). The molecule has 130 valence electrons. The first-order valence-electron chi connectivity index (χ1n) is 8.90. The highest BCUT2D eigenvalue weighted by molar-refractivity contribution is 5.79. The van der Waals surface area contributed by atoms with Gasteiger partial charge in [-0.1, -0.05) is 6.92 Å². The van der Waals surface area contributed by atoms with Gasteiger partial charge in [-0.15, -0.1) is 0 Å². The largest absolute Gasteiger partial charge is 0.357 e. The summed E-state index contributed by atoms with van der Waals surface area (Å²) in [5.74, 6) is 1.80. The molecule has 0 amide bonds. The number of rotatable bonds is 7. The van der Waals surface area contributed by atoms with Gasteiger partial charge in [-0.05, 0) is 57.8 Å². The van der Waals surface area contributed by atoms with Gasteiger partial charge >= 0.3 is 0 Å². The Morgan fingerprint density at radius 3 is 2.78 bits per heavy atom. The van der Waals surface area contributed by atoms with E-state index in [4.69, 9.17) is 0 Å². The van der Waals surface area contributed by atoms with E-state index in [1.54, 1.807) is 0 Å². The number of likely N-dealkylation sites (tertiary alicyclic amines) is 1. The summed E-state index contributed by atoms with van der Waals surface area (Å²) in [6.07, 6.45) is 5.67. The molecule has 23 heavy (non-hydrogen) atoms. The maximum atomic E-state index is 4.63. The molecule has 1 aliphatic heterocycles. The van der Waals surface area contributed by atoms with E-state index in [-0.39, 0.29) is 0 Å². The molecule has 1 aromatic rings. The van der Waals surface area contributed by atoms with Crippen molar-refractivity contribution < 1.29 is 0 Å². The molecule has 0 saturated carbocycles. The second-order valence-corrected chi connectivity index (χ2v) is 6.45. The zero-order valence-electron chi connectivity index (χ0n) is 14.9. The third-order valence-electron chi connectivity index (χ3n) is 4.49. The molecule has 1 aromatic heterocycles. The highest BCUT2D eigenvalue weighted by Gasteiger charge is 2.14. The predicted molar refractivity (Wildman–Crippen MR) is 95.5 cm³/mol. The van der Waals surface area contributed by atoms with Gasteiger partial charge in [-0.25, -0.2) is 4.99 Å². The summed E-state index contributed by atoms with van der Waals surface area (Å²) < 4.78 is 1.87. The summed E-state index contributed by atoms with van der Waals surface area (Å²) in [6, 6.07) is 2.00. The van der Waals surface area contributed by atoms with E-state index in [2.05, 4.69) is 39.5 Å². The SMILES string of the molecule is CCNC(=NCc1ccnn1C)NCCCN1CCC(C)CC1. The van der Waals surface area contributed by atoms with Gasteiger partial charge in [0.15, 0.2) is 5.96 Å². The van der Waals surface area contributed by atoms with E-state index < -0.39 is 0 Å². The molecule has 0 unspecified atom stereocenters. The van der Waals surface area contributed by atoms with Crippen LogP contribution in [-0.4, -0.2) is 53.4 Å². The summed E-state index contributed by atoms with van der Waals surface area (Å²) in [4.78, 5) is 7.22. The Kier molecular flexibility index (Phi) is 7.39. The fourth-order valence-electron chi connectivity index (χ4n) is 2.85. The van der Waals surface area contributed by atoms with Crippen LogP contribution in [0.1, 0.15) is 38.8 Å². The molecule has 6 nitrogen and oxygen atoms in total. The van der Waals surface area contributed by atoms with Crippen LogP contribution < -0.4 is 10.6 Å². The molecule has 1 aliphatic rings. The molecule has 0 spiro atoms. The number of hydrogen-bond donors (Lipinski definition) is 2. The van der Waals surface area contributed by atoms with Gasteiger partial charge in [0.25, 0.3) is 0 Å². The summed E-state index contributed by atoms with van der Waals surface area (Å²) in [5, 5.41) is 10.9. The molecular formula is C17H32N6. The van der Waals surface area contributed by atoms with Gasteiger partial charge in [0, 0.05) is 26.3 Å². The number of aromatic nitrogens is 2. The molecule has 2 heterocycles. The van der Waals surface area contributed by atoms with Crippen LogP contribution in [0.4, 0.5) is 0 Å². The van der Waals surface area contributed by atoms with Crippen molar-refractivity contribution in [2.24, 2.45) is 18.0 Å². The first-order chi connectivity index (χ1) is 11.2. The van der Waals surface area contributed by atoms with Crippen molar-refractivity contribution >= 4 is 5.96 Å². The Hall–Kier alpha value is -1.56. The molecule has 0 bridgehead atoms. The third-order valence-corrected chi connectivity index (χ3v) is 4.49. The molecule has 6 heteroatoms. The molecule has 0 radical (unpaired) electrons. The fraction of sp³-hybridized carbons (Fsp3) is 0.765. The Labute approximate surface area is 140 Å². The van der Waals surface area contributed by atoms with Crippen LogP contribution in [0.25, 0.3) is 0 Å². The van der Waals surface area contributed by atoms with E-state index >= 15 is 0 Å². The number of aliphatic imine (C=N–C) groups is 1. The number of nitrogens with one attached hydrogen (secondary N) is 2. The average molecular weight is 320 g/mol. The lowest BCUT2D eigenvalue weighted by Crippen LogP contribution is -2.39. The van der Waals surface area contributed by atoms with E-state index in [1.165, 1.54) is 32.5 Å². The second-order valence-electron chi connectivity index (χ2n) is 6.45. The van der Waals surface area contributed by atoms with Crippen LogP contribution in [0, 0.1) is 5.92 Å². The van der Waals surface area contributed by atoms with E-state index in [9.17, 15) is 0 Å². The van der Waals surface area contributed by atoms with E-state index in [0.29, 0.717) is 6.54 Å². The van der Waals surface area contributed by atoms with Crippen molar-refractivity contribution in [3.8, 4) is 0 Å². The van der Waals surface area contributed by atoms with Crippen molar-refractivity contribution in [2.45, 2.75) is 39.7 Å². The highest BCUT2D eigenvalue weighted by Crippen LogP contribution is 2.15. The van der Waals surface area contributed by atoms with Crippen LogP contribution in [0.15, 0.2) is 17.3 Å². The first kappa shape index (κ1) is 17.8. The Bertz CT molecular complexity index is 473. The Balaban J connectivity index is 1.68. The summed E-state index contributed by atoms with van der Waals surface area (Å²) in [5.41, 5.74) is 1.12. The normalized spacial score (nSPS) is 17.4. The number of aryl methyl sites for hydroxylation is 1. The third kappa shape index (κ3) is 6.22. The van der Waals surface area contributed by atoms with Crippen molar-refractivity contribution in [2.75, 3.05) is 32.7 Å². The molecule has 0 aliphatic carbocycles. The van der Waals surface area contributed by atoms with E-state index in [1.807, 2.05) is 24.0 Å². The van der Waals surface area contributed by atoms with Crippen LogP contribution in [0.3, 0.4) is 0 Å². The number of guanidine groups is 1. The molecule has 0 atom stereocenters. The monoisotopic (exact) mass is 320 g/mol. The van der Waals surface area contributed by atoms with Crippen molar-refractivity contribution in [1.29, 1.82) is 0 Å². The van der Waals surface area contributed by atoms with Gasteiger partial charge in [0.05, 0.1) is 12.2 Å². The second kappa shape index (κ2) is 9.55. The quantitative estimate of drug-likeness (QED) is 0.455.